The van der Waals surface area contributed by atoms with Gasteiger partial charge in [0.1, 0.15) is 11.9 Å². The Labute approximate surface area is 218 Å². The zero-order valence-corrected chi connectivity index (χ0v) is 21.8. The van der Waals surface area contributed by atoms with Crippen molar-refractivity contribution in [3.8, 4) is 0 Å². The zero-order chi connectivity index (χ0) is 25.5. The fraction of sp³-hybridized carbons (Fsp3) is 0.500. The molecule has 2 amide bonds. The summed E-state index contributed by atoms with van der Waals surface area (Å²) in [6.45, 7) is 5.32. The highest BCUT2D eigenvalue weighted by atomic mass is 16.2. The average molecular weight is 500 g/mol. The molecule has 0 radical (unpaired) electrons. The molecule has 4 heterocycles. The van der Waals surface area contributed by atoms with Crippen LogP contribution in [0.3, 0.4) is 0 Å². The Kier molecular flexibility index (Phi) is 6.49. The maximum Gasteiger partial charge on any atom is 0.243 e. The van der Waals surface area contributed by atoms with E-state index in [9.17, 15) is 9.59 Å². The van der Waals surface area contributed by atoms with Crippen molar-refractivity contribution in [3.05, 3.63) is 66.0 Å². The second-order valence-corrected chi connectivity index (χ2v) is 11.0. The fourth-order valence-electron chi connectivity index (χ4n) is 7.04. The lowest BCUT2D eigenvalue weighted by Gasteiger charge is -2.41. The summed E-state index contributed by atoms with van der Waals surface area (Å²) in [6, 6.07) is 20.0. The SMILES string of the molecule is CC(=O)N1CC[C@@H]1C(=O)N[C@@H](CCN1[C@@H]2CC[C@H]1C[C@H](n1c(C)nc3ccccc31)C2)c1ccccc1. The van der Waals surface area contributed by atoms with E-state index in [2.05, 4.69) is 58.1 Å². The highest BCUT2D eigenvalue weighted by Gasteiger charge is 2.42. The second-order valence-electron chi connectivity index (χ2n) is 11.0. The summed E-state index contributed by atoms with van der Waals surface area (Å²) in [4.78, 5) is 34.2. The molecule has 7 nitrogen and oxygen atoms in total. The van der Waals surface area contributed by atoms with Gasteiger partial charge in [0, 0.05) is 38.1 Å². The van der Waals surface area contributed by atoms with Gasteiger partial charge in [-0.1, -0.05) is 42.5 Å². The maximum absolute atomic E-state index is 13.1. The summed E-state index contributed by atoms with van der Waals surface area (Å²) >= 11 is 0. The summed E-state index contributed by atoms with van der Waals surface area (Å²) < 4.78 is 2.48. The van der Waals surface area contributed by atoms with Crippen LogP contribution >= 0.6 is 0 Å². The zero-order valence-electron chi connectivity index (χ0n) is 21.8. The summed E-state index contributed by atoms with van der Waals surface area (Å²) in [7, 11) is 0. The molecule has 0 aliphatic carbocycles. The van der Waals surface area contributed by atoms with Crippen LogP contribution in [-0.2, 0) is 9.59 Å². The van der Waals surface area contributed by atoms with E-state index in [0.29, 0.717) is 24.7 Å². The molecule has 0 saturated carbocycles. The first-order chi connectivity index (χ1) is 18.0. The predicted octanol–water partition coefficient (Wildman–Crippen LogP) is 4.38. The molecule has 0 spiro atoms. The molecule has 2 bridgehead atoms. The van der Waals surface area contributed by atoms with Gasteiger partial charge in [-0.25, -0.2) is 4.98 Å². The third-order valence-electron chi connectivity index (χ3n) is 8.92. The Morgan fingerprint density at radius 2 is 1.68 bits per heavy atom. The van der Waals surface area contributed by atoms with Gasteiger partial charge < -0.3 is 14.8 Å². The number of aromatic nitrogens is 2. The molecule has 2 aromatic carbocycles. The van der Waals surface area contributed by atoms with Crippen molar-refractivity contribution >= 4 is 22.8 Å². The molecule has 37 heavy (non-hydrogen) atoms. The minimum atomic E-state index is -0.330. The van der Waals surface area contributed by atoms with Crippen molar-refractivity contribution in [2.24, 2.45) is 0 Å². The Morgan fingerprint density at radius 3 is 2.35 bits per heavy atom. The van der Waals surface area contributed by atoms with Gasteiger partial charge in [0.25, 0.3) is 0 Å². The maximum atomic E-state index is 13.1. The van der Waals surface area contributed by atoms with Crippen LogP contribution in [0.25, 0.3) is 11.0 Å². The average Bonchev–Trinajstić information content (AvgIpc) is 3.31. The number of aryl methyl sites for hydroxylation is 1. The van der Waals surface area contributed by atoms with Gasteiger partial charge in [-0.2, -0.15) is 0 Å². The fourth-order valence-corrected chi connectivity index (χ4v) is 7.04. The van der Waals surface area contributed by atoms with Crippen molar-refractivity contribution in [1.82, 2.24) is 24.7 Å². The number of para-hydroxylation sites is 2. The number of benzene rings is 2. The first-order valence-electron chi connectivity index (χ1n) is 13.8. The van der Waals surface area contributed by atoms with Gasteiger partial charge in [0.15, 0.2) is 0 Å². The van der Waals surface area contributed by atoms with Crippen molar-refractivity contribution in [2.75, 3.05) is 13.1 Å². The lowest BCUT2D eigenvalue weighted by molar-refractivity contribution is -0.146. The normalized spacial score (nSPS) is 26.2. The monoisotopic (exact) mass is 499 g/mol. The van der Waals surface area contributed by atoms with Gasteiger partial charge in [-0.15, -0.1) is 0 Å². The molecular formula is C30H37N5O2. The number of piperidine rings is 1. The molecule has 1 aromatic heterocycles. The first kappa shape index (κ1) is 24.2. The van der Waals surface area contributed by atoms with E-state index in [1.54, 1.807) is 11.8 Å². The van der Waals surface area contributed by atoms with Gasteiger partial charge >= 0.3 is 0 Å². The van der Waals surface area contributed by atoms with Gasteiger partial charge in [-0.3, -0.25) is 14.5 Å². The number of amides is 2. The highest BCUT2D eigenvalue weighted by Crippen LogP contribution is 2.42. The number of likely N-dealkylation sites (tertiary alicyclic amines) is 1. The molecule has 3 aliphatic heterocycles. The number of carbonyl (C=O) groups is 2. The smallest absolute Gasteiger partial charge is 0.243 e. The number of carbonyl (C=O) groups excluding carboxylic acids is 2. The number of nitrogens with one attached hydrogen (secondary N) is 1. The van der Waals surface area contributed by atoms with Gasteiger partial charge in [0.2, 0.25) is 11.8 Å². The van der Waals surface area contributed by atoms with Crippen molar-refractivity contribution in [3.63, 3.8) is 0 Å². The van der Waals surface area contributed by atoms with E-state index in [1.165, 1.54) is 18.4 Å². The quantitative estimate of drug-likeness (QED) is 0.524. The van der Waals surface area contributed by atoms with E-state index < -0.39 is 0 Å². The highest BCUT2D eigenvalue weighted by molar-refractivity contribution is 5.88. The molecule has 3 saturated heterocycles. The van der Waals surface area contributed by atoms with Gasteiger partial charge in [-0.05, 0) is 63.1 Å². The van der Waals surface area contributed by atoms with E-state index in [-0.39, 0.29) is 23.9 Å². The largest absolute Gasteiger partial charge is 0.347 e. The van der Waals surface area contributed by atoms with E-state index in [4.69, 9.17) is 4.98 Å². The van der Waals surface area contributed by atoms with Crippen molar-refractivity contribution in [2.45, 2.75) is 82.6 Å². The number of imidazole rings is 1. The van der Waals surface area contributed by atoms with Crippen molar-refractivity contribution in [1.29, 1.82) is 0 Å². The molecule has 3 aromatic rings. The number of fused-ring (bicyclic) bond motifs is 3. The first-order valence-corrected chi connectivity index (χ1v) is 13.8. The van der Waals surface area contributed by atoms with Crippen LogP contribution in [0.2, 0.25) is 0 Å². The number of rotatable bonds is 7. The minimum absolute atomic E-state index is 0.0250. The Morgan fingerprint density at radius 1 is 0.973 bits per heavy atom. The molecule has 3 aliphatic rings. The second kappa shape index (κ2) is 9.93. The molecule has 5 atom stereocenters. The van der Waals surface area contributed by atoms with E-state index >= 15 is 0 Å². The minimum Gasteiger partial charge on any atom is -0.347 e. The number of nitrogens with zero attached hydrogens (tertiary/aromatic N) is 4. The van der Waals surface area contributed by atoms with Crippen LogP contribution in [0.1, 0.15) is 68.9 Å². The number of hydrogen-bond donors (Lipinski definition) is 1. The topological polar surface area (TPSA) is 70.5 Å². The lowest BCUT2D eigenvalue weighted by Crippen LogP contribution is -2.58. The molecule has 1 N–H and O–H groups in total. The van der Waals surface area contributed by atoms with E-state index in [0.717, 1.165) is 49.1 Å². The van der Waals surface area contributed by atoms with Crippen LogP contribution in [0, 0.1) is 6.92 Å². The molecular weight excluding hydrogens is 462 g/mol. The summed E-state index contributed by atoms with van der Waals surface area (Å²) in [5.41, 5.74) is 3.47. The third kappa shape index (κ3) is 4.54. The van der Waals surface area contributed by atoms with E-state index in [1.807, 2.05) is 18.2 Å². The van der Waals surface area contributed by atoms with Gasteiger partial charge in [0.05, 0.1) is 17.1 Å². The molecule has 3 fully saturated rings. The van der Waals surface area contributed by atoms with Crippen LogP contribution in [0.4, 0.5) is 0 Å². The Hall–Kier alpha value is -3.19. The standard InChI is InChI=1S/C30H37N5O2/c1-20-31-27-10-6-7-11-28(27)35(20)25-18-23-12-13-24(19-25)34(23)16-14-26(22-8-4-3-5-9-22)32-30(37)29-15-17-33(29)21(2)36/h3-11,23-26,29H,12-19H2,1-2H3,(H,32,37)/t23-,24+,25-,26-,29+/m0/s1. The van der Waals surface area contributed by atoms with Crippen LogP contribution in [0.5, 0.6) is 0 Å². The summed E-state index contributed by atoms with van der Waals surface area (Å²) in [5, 5.41) is 3.30. The Bertz CT molecular complexity index is 1270. The molecule has 7 heteroatoms. The lowest BCUT2D eigenvalue weighted by atomic mass is 9.95. The molecule has 194 valence electrons. The van der Waals surface area contributed by atoms with Crippen molar-refractivity contribution < 1.29 is 9.59 Å². The summed E-state index contributed by atoms with van der Waals surface area (Å²) in [6.07, 6.45) is 6.39. The molecule has 0 unspecified atom stereocenters. The van der Waals surface area contributed by atoms with Crippen LogP contribution < -0.4 is 5.32 Å². The number of hydrogen-bond acceptors (Lipinski definition) is 4. The van der Waals surface area contributed by atoms with Crippen LogP contribution in [0.15, 0.2) is 54.6 Å². The Balaban J connectivity index is 1.14. The summed E-state index contributed by atoms with van der Waals surface area (Å²) in [5.74, 6) is 1.06. The molecule has 6 rings (SSSR count). The predicted molar refractivity (Wildman–Crippen MR) is 144 cm³/mol. The third-order valence-corrected chi connectivity index (χ3v) is 8.92. The van der Waals surface area contributed by atoms with Crippen LogP contribution in [-0.4, -0.2) is 62.4 Å².